The van der Waals surface area contributed by atoms with Crippen LogP contribution in [0.15, 0.2) is 48.5 Å². The first-order chi connectivity index (χ1) is 13.5. The van der Waals surface area contributed by atoms with E-state index in [9.17, 15) is 14.4 Å². The average Bonchev–Trinajstić information content (AvgIpc) is 2.68. The molecule has 0 radical (unpaired) electrons. The highest BCUT2D eigenvalue weighted by Gasteiger charge is 2.21. The molecule has 6 heteroatoms. The molecular weight excluding hydrogens is 356 g/mol. The van der Waals surface area contributed by atoms with Gasteiger partial charge in [0.05, 0.1) is 0 Å². The molecule has 28 heavy (non-hydrogen) atoms. The smallest absolute Gasteiger partial charge is 0.308 e. The first-order valence-electron chi connectivity index (χ1n) is 9.52. The third kappa shape index (κ3) is 5.42. The van der Waals surface area contributed by atoms with Crippen molar-refractivity contribution in [3.05, 3.63) is 54.1 Å². The van der Waals surface area contributed by atoms with E-state index in [1.165, 1.54) is 19.4 Å². The first kappa shape index (κ1) is 19.6. The van der Waals surface area contributed by atoms with Crippen molar-refractivity contribution >= 4 is 29.2 Å². The highest BCUT2D eigenvalue weighted by Crippen LogP contribution is 2.25. The van der Waals surface area contributed by atoms with Crippen molar-refractivity contribution in [3.8, 4) is 5.75 Å². The van der Waals surface area contributed by atoms with E-state index in [1.807, 2.05) is 0 Å². The van der Waals surface area contributed by atoms with Gasteiger partial charge in [-0.1, -0.05) is 31.4 Å². The lowest BCUT2D eigenvalue weighted by molar-refractivity contribution is -0.131. The molecule has 1 fully saturated rings. The van der Waals surface area contributed by atoms with Crippen LogP contribution in [0.4, 0.5) is 11.4 Å². The Bertz CT molecular complexity index is 872. The number of rotatable bonds is 5. The van der Waals surface area contributed by atoms with Crippen LogP contribution in [-0.2, 0) is 9.59 Å². The summed E-state index contributed by atoms with van der Waals surface area (Å²) in [5.41, 5.74) is 1.60. The van der Waals surface area contributed by atoms with E-state index in [1.54, 1.807) is 42.5 Å². The Hall–Kier alpha value is -3.15. The van der Waals surface area contributed by atoms with Gasteiger partial charge in [0.2, 0.25) is 5.91 Å². The van der Waals surface area contributed by atoms with Gasteiger partial charge in [0, 0.05) is 29.8 Å². The number of hydrogen-bond donors (Lipinski definition) is 2. The van der Waals surface area contributed by atoms with Crippen molar-refractivity contribution in [3.63, 3.8) is 0 Å². The summed E-state index contributed by atoms with van der Waals surface area (Å²) in [5.74, 6) is -0.356. The highest BCUT2D eigenvalue weighted by molar-refractivity contribution is 6.05. The molecule has 2 aromatic rings. The number of hydrogen-bond acceptors (Lipinski definition) is 4. The van der Waals surface area contributed by atoms with Crippen molar-refractivity contribution in [2.75, 3.05) is 10.6 Å². The second-order valence-electron chi connectivity index (χ2n) is 6.98. The minimum atomic E-state index is -0.445. The number of esters is 1. The summed E-state index contributed by atoms with van der Waals surface area (Å²) in [6, 6.07) is 13.5. The Morgan fingerprint density at radius 3 is 2.29 bits per heavy atom. The van der Waals surface area contributed by atoms with Crippen LogP contribution < -0.4 is 15.4 Å². The van der Waals surface area contributed by atoms with Gasteiger partial charge in [0.1, 0.15) is 5.75 Å². The predicted molar refractivity (Wildman–Crippen MR) is 107 cm³/mol. The number of nitrogens with one attached hydrogen (secondary N) is 2. The molecule has 0 spiro atoms. The molecule has 1 saturated carbocycles. The molecule has 1 aliphatic rings. The van der Waals surface area contributed by atoms with Crippen molar-refractivity contribution in [2.45, 2.75) is 39.0 Å². The molecule has 0 bridgehead atoms. The van der Waals surface area contributed by atoms with Crippen molar-refractivity contribution in [1.29, 1.82) is 0 Å². The van der Waals surface area contributed by atoms with E-state index in [2.05, 4.69) is 10.6 Å². The molecule has 2 aromatic carbocycles. The predicted octanol–water partition coefficient (Wildman–Crippen LogP) is 4.38. The topological polar surface area (TPSA) is 84.5 Å². The van der Waals surface area contributed by atoms with Gasteiger partial charge < -0.3 is 15.4 Å². The molecule has 0 heterocycles. The monoisotopic (exact) mass is 380 g/mol. The van der Waals surface area contributed by atoms with Crippen LogP contribution in [0.3, 0.4) is 0 Å². The minimum Gasteiger partial charge on any atom is -0.427 e. The normalized spacial score (nSPS) is 14.2. The van der Waals surface area contributed by atoms with E-state index in [0.717, 1.165) is 25.7 Å². The Balaban J connectivity index is 1.64. The number of anilines is 2. The number of carbonyl (C=O) groups excluding carboxylic acids is 3. The summed E-state index contributed by atoms with van der Waals surface area (Å²) in [6.45, 7) is 1.31. The number of ether oxygens (including phenoxy) is 1. The quantitative estimate of drug-likeness (QED) is 0.595. The molecule has 0 aliphatic heterocycles. The molecular formula is C22H24N2O4. The fraction of sp³-hybridized carbons (Fsp3) is 0.318. The van der Waals surface area contributed by atoms with E-state index < -0.39 is 5.97 Å². The van der Waals surface area contributed by atoms with Gasteiger partial charge in [-0.25, -0.2) is 0 Å². The SMILES string of the molecule is CC(=O)Oc1cccc(C(=O)Nc2cccc(NC(=O)C3CCCCC3)c2)c1. The molecule has 0 unspecified atom stereocenters. The summed E-state index contributed by atoms with van der Waals surface area (Å²) in [5, 5.41) is 5.75. The summed E-state index contributed by atoms with van der Waals surface area (Å²) in [6.07, 6.45) is 5.26. The molecule has 1 aliphatic carbocycles. The summed E-state index contributed by atoms with van der Waals surface area (Å²) < 4.78 is 5.01. The third-order valence-corrected chi connectivity index (χ3v) is 4.72. The number of benzene rings is 2. The maximum Gasteiger partial charge on any atom is 0.308 e. The van der Waals surface area contributed by atoms with Gasteiger partial charge in [-0.3, -0.25) is 14.4 Å². The minimum absolute atomic E-state index is 0.0391. The summed E-state index contributed by atoms with van der Waals surface area (Å²) in [4.78, 5) is 36.0. The molecule has 0 saturated heterocycles. The lowest BCUT2D eigenvalue weighted by Gasteiger charge is -2.20. The van der Waals surface area contributed by atoms with Crippen LogP contribution >= 0.6 is 0 Å². The first-order valence-corrected chi connectivity index (χ1v) is 9.52. The standard InChI is InChI=1S/C22H24N2O4/c1-15(25)28-20-12-5-9-17(13-20)22(27)24-19-11-6-10-18(14-19)23-21(26)16-7-3-2-4-8-16/h5-6,9-14,16H,2-4,7-8H2,1H3,(H,23,26)(H,24,27). The van der Waals surface area contributed by atoms with Gasteiger partial charge in [0.15, 0.2) is 0 Å². The van der Waals surface area contributed by atoms with Crippen LogP contribution in [0, 0.1) is 5.92 Å². The van der Waals surface area contributed by atoms with Crippen molar-refractivity contribution in [1.82, 2.24) is 0 Å². The number of carbonyl (C=O) groups is 3. The molecule has 2 N–H and O–H groups in total. The van der Waals surface area contributed by atoms with E-state index in [0.29, 0.717) is 22.7 Å². The Kier molecular flexibility index (Phi) is 6.42. The average molecular weight is 380 g/mol. The van der Waals surface area contributed by atoms with Crippen LogP contribution in [-0.4, -0.2) is 17.8 Å². The summed E-state index contributed by atoms with van der Waals surface area (Å²) >= 11 is 0. The molecule has 146 valence electrons. The fourth-order valence-corrected chi connectivity index (χ4v) is 3.35. The second kappa shape index (κ2) is 9.17. The molecule has 0 aromatic heterocycles. The Morgan fingerprint density at radius 2 is 1.57 bits per heavy atom. The van der Waals surface area contributed by atoms with E-state index >= 15 is 0 Å². The molecule has 0 atom stereocenters. The number of amides is 2. The zero-order chi connectivity index (χ0) is 19.9. The lowest BCUT2D eigenvalue weighted by atomic mass is 9.88. The maximum atomic E-state index is 12.5. The molecule has 3 rings (SSSR count). The van der Waals surface area contributed by atoms with Crippen LogP contribution in [0.5, 0.6) is 5.75 Å². The highest BCUT2D eigenvalue weighted by atomic mass is 16.5. The van der Waals surface area contributed by atoms with E-state index in [-0.39, 0.29) is 17.7 Å². The van der Waals surface area contributed by atoms with Gasteiger partial charge in [-0.15, -0.1) is 0 Å². The van der Waals surface area contributed by atoms with Crippen molar-refractivity contribution in [2.24, 2.45) is 5.92 Å². The lowest BCUT2D eigenvalue weighted by Crippen LogP contribution is -2.24. The van der Waals surface area contributed by atoms with Crippen LogP contribution in [0.25, 0.3) is 0 Å². The zero-order valence-corrected chi connectivity index (χ0v) is 15.9. The molecule has 2 amide bonds. The Labute approximate surface area is 164 Å². The van der Waals surface area contributed by atoms with Gasteiger partial charge in [0.25, 0.3) is 5.91 Å². The maximum absolute atomic E-state index is 12.5. The largest absolute Gasteiger partial charge is 0.427 e. The van der Waals surface area contributed by atoms with Gasteiger partial charge in [-0.05, 0) is 49.2 Å². The van der Waals surface area contributed by atoms with Gasteiger partial charge >= 0.3 is 5.97 Å². The van der Waals surface area contributed by atoms with Crippen LogP contribution in [0.2, 0.25) is 0 Å². The van der Waals surface area contributed by atoms with Crippen LogP contribution in [0.1, 0.15) is 49.4 Å². The Morgan fingerprint density at radius 1 is 0.893 bits per heavy atom. The fourth-order valence-electron chi connectivity index (χ4n) is 3.35. The van der Waals surface area contributed by atoms with Crippen molar-refractivity contribution < 1.29 is 19.1 Å². The van der Waals surface area contributed by atoms with E-state index in [4.69, 9.17) is 4.74 Å². The third-order valence-electron chi connectivity index (χ3n) is 4.72. The summed E-state index contributed by atoms with van der Waals surface area (Å²) in [7, 11) is 0. The molecule has 6 nitrogen and oxygen atoms in total. The zero-order valence-electron chi connectivity index (χ0n) is 15.9. The van der Waals surface area contributed by atoms with Gasteiger partial charge in [-0.2, -0.15) is 0 Å². The second-order valence-corrected chi connectivity index (χ2v) is 6.98.